The largest absolute Gasteiger partial charge is 0.317 e. The van der Waals surface area contributed by atoms with Gasteiger partial charge in [-0.15, -0.1) is 0 Å². The number of benzene rings is 1. The highest BCUT2D eigenvalue weighted by Crippen LogP contribution is 2.23. The van der Waals surface area contributed by atoms with E-state index in [1.807, 2.05) is 36.7 Å². The molecule has 152 valence electrons. The lowest BCUT2D eigenvalue weighted by Crippen LogP contribution is -2.23. The summed E-state index contributed by atoms with van der Waals surface area (Å²) < 4.78 is 16.6. The maximum absolute atomic E-state index is 14.3. The molecule has 5 heteroatoms. The number of hydrogen-bond acceptors (Lipinski definition) is 3. The van der Waals surface area contributed by atoms with Gasteiger partial charge in [-0.05, 0) is 55.3 Å². The average Bonchev–Trinajstić information content (AvgIpc) is 3.04. The topological polar surface area (TPSA) is 34.0 Å². The van der Waals surface area contributed by atoms with Crippen LogP contribution in [-0.2, 0) is 19.6 Å². The molecule has 3 aromatic heterocycles. The average molecular weight is 401 g/mol. The molecule has 0 unspecified atom stereocenters. The van der Waals surface area contributed by atoms with Gasteiger partial charge in [0.15, 0.2) is 0 Å². The quantitative estimate of drug-likeness (QED) is 0.426. The number of hydrogen-bond donors (Lipinski definition) is 0. The van der Waals surface area contributed by atoms with Crippen LogP contribution in [0.5, 0.6) is 0 Å². The molecular weight excluding hydrogens is 375 g/mol. The van der Waals surface area contributed by atoms with Crippen LogP contribution in [0, 0.1) is 19.7 Å². The van der Waals surface area contributed by atoms with E-state index in [1.165, 1.54) is 17.3 Å². The summed E-state index contributed by atoms with van der Waals surface area (Å²) >= 11 is 0. The predicted molar refractivity (Wildman–Crippen MR) is 117 cm³/mol. The van der Waals surface area contributed by atoms with Crippen LogP contribution < -0.4 is 0 Å². The summed E-state index contributed by atoms with van der Waals surface area (Å²) in [5, 5.41) is 0. The van der Waals surface area contributed by atoms with Gasteiger partial charge < -0.3 is 4.57 Å². The lowest BCUT2D eigenvalue weighted by atomic mass is 10.1. The molecule has 0 atom stereocenters. The van der Waals surface area contributed by atoms with Crippen molar-refractivity contribution in [1.82, 2.24) is 19.4 Å². The van der Waals surface area contributed by atoms with E-state index in [1.54, 1.807) is 18.5 Å². The molecule has 0 bridgehead atoms. The molecule has 0 saturated carbocycles. The zero-order valence-electron chi connectivity index (χ0n) is 17.3. The van der Waals surface area contributed by atoms with Gasteiger partial charge in [0.1, 0.15) is 5.82 Å². The van der Waals surface area contributed by atoms with Gasteiger partial charge in [0, 0.05) is 55.2 Å². The summed E-state index contributed by atoms with van der Waals surface area (Å²) in [6.07, 6.45) is 7.29. The fourth-order valence-corrected chi connectivity index (χ4v) is 3.90. The number of nitrogens with zero attached hydrogens (tertiary/aromatic N) is 4. The van der Waals surface area contributed by atoms with E-state index in [9.17, 15) is 4.39 Å². The van der Waals surface area contributed by atoms with Gasteiger partial charge >= 0.3 is 0 Å². The smallest absolute Gasteiger partial charge is 0.127 e. The van der Waals surface area contributed by atoms with Crippen molar-refractivity contribution in [2.75, 3.05) is 0 Å². The molecule has 0 saturated heterocycles. The van der Waals surface area contributed by atoms with Gasteiger partial charge in [0.25, 0.3) is 0 Å². The van der Waals surface area contributed by atoms with Crippen LogP contribution in [0.15, 0.2) is 79.4 Å². The first-order chi connectivity index (χ1) is 14.6. The molecule has 0 amide bonds. The van der Waals surface area contributed by atoms with Crippen molar-refractivity contribution >= 4 is 0 Å². The standard InChI is InChI=1S/C25H25FN4/c1-19-13-23(20(2)30(19)24-9-6-12-28-15-24)18-29(16-21-7-5-11-27-14-21)17-22-8-3-4-10-25(22)26/h3-15H,16-18H2,1-2H3. The summed E-state index contributed by atoms with van der Waals surface area (Å²) in [5.74, 6) is -0.172. The van der Waals surface area contributed by atoms with Crippen molar-refractivity contribution in [3.8, 4) is 5.69 Å². The van der Waals surface area contributed by atoms with E-state index < -0.39 is 0 Å². The Labute approximate surface area is 176 Å². The van der Waals surface area contributed by atoms with Crippen molar-refractivity contribution in [2.24, 2.45) is 0 Å². The number of pyridine rings is 2. The molecule has 4 nitrogen and oxygen atoms in total. The van der Waals surface area contributed by atoms with Crippen LogP contribution in [0.3, 0.4) is 0 Å². The van der Waals surface area contributed by atoms with E-state index in [4.69, 9.17) is 0 Å². The first-order valence-electron chi connectivity index (χ1n) is 10.0. The van der Waals surface area contributed by atoms with Crippen LogP contribution in [0.2, 0.25) is 0 Å². The van der Waals surface area contributed by atoms with Gasteiger partial charge in [0.05, 0.1) is 11.9 Å². The molecule has 0 N–H and O–H groups in total. The Hall–Kier alpha value is -3.31. The Kier molecular flexibility index (Phi) is 6.00. The van der Waals surface area contributed by atoms with Gasteiger partial charge in [0.2, 0.25) is 0 Å². The van der Waals surface area contributed by atoms with E-state index in [-0.39, 0.29) is 5.82 Å². The highest BCUT2D eigenvalue weighted by molar-refractivity contribution is 5.39. The fraction of sp³-hybridized carbons (Fsp3) is 0.200. The van der Waals surface area contributed by atoms with Gasteiger partial charge in [-0.3, -0.25) is 14.9 Å². The molecule has 0 spiro atoms. The first kappa shape index (κ1) is 20.0. The van der Waals surface area contributed by atoms with E-state index in [0.29, 0.717) is 25.2 Å². The third-order valence-corrected chi connectivity index (χ3v) is 5.31. The lowest BCUT2D eigenvalue weighted by molar-refractivity contribution is 0.243. The van der Waals surface area contributed by atoms with Crippen LogP contribution in [0.25, 0.3) is 5.69 Å². The Morgan fingerprint density at radius 2 is 1.57 bits per heavy atom. The van der Waals surface area contributed by atoms with Crippen molar-refractivity contribution in [1.29, 1.82) is 0 Å². The monoisotopic (exact) mass is 400 g/mol. The second-order valence-corrected chi connectivity index (χ2v) is 7.54. The summed E-state index contributed by atoms with van der Waals surface area (Å²) in [7, 11) is 0. The maximum Gasteiger partial charge on any atom is 0.127 e. The molecule has 0 aliphatic heterocycles. The fourth-order valence-electron chi connectivity index (χ4n) is 3.90. The second-order valence-electron chi connectivity index (χ2n) is 7.54. The zero-order valence-corrected chi connectivity index (χ0v) is 17.3. The normalized spacial score (nSPS) is 11.2. The zero-order chi connectivity index (χ0) is 20.9. The molecule has 0 aliphatic carbocycles. The highest BCUT2D eigenvalue weighted by Gasteiger charge is 2.16. The second kappa shape index (κ2) is 9.01. The lowest BCUT2D eigenvalue weighted by Gasteiger charge is -2.23. The Balaban J connectivity index is 1.64. The molecule has 4 rings (SSSR count). The van der Waals surface area contributed by atoms with Crippen LogP contribution in [0.1, 0.15) is 28.1 Å². The van der Waals surface area contributed by atoms with Crippen molar-refractivity contribution in [2.45, 2.75) is 33.5 Å². The molecule has 0 aliphatic rings. The van der Waals surface area contributed by atoms with Crippen LogP contribution in [0.4, 0.5) is 4.39 Å². The van der Waals surface area contributed by atoms with Gasteiger partial charge in [-0.2, -0.15) is 0 Å². The predicted octanol–water partition coefficient (Wildman–Crippen LogP) is 5.23. The van der Waals surface area contributed by atoms with Crippen LogP contribution >= 0.6 is 0 Å². The minimum Gasteiger partial charge on any atom is -0.317 e. The highest BCUT2D eigenvalue weighted by atomic mass is 19.1. The Morgan fingerprint density at radius 1 is 0.833 bits per heavy atom. The van der Waals surface area contributed by atoms with Gasteiger partial charge in [-0.1, -0.05) is 24.3 Å². The van der Waals surface area contributed by atoms with Crippen molar-refractivity contribution < 1.29 is 4.39 Å². The summed E-state index contributed by atoms with van der Waals surface area (Å²) in [6, 6.07) is 17.2. The molecule has 4 aromatic rings. The SMILES string of the molecule is Cc1cc(CN(Cc2cccnc2)Cc2ccccc2F)c(C)n1-c1cccnc1. The maximum atomic E-state index is 14.3. The number of aryl methyl sites for hydroxylation is 1. The van der Waals surface area contributed by atoms with E-state index >= 15 is 0 Å². The minimum absolute atomic E-state index is 0.172. The summed E-state index contributed by atoms with van der Waals surface area (Å²) in [6.45, 7) is 6.16. The molecule has 0 fully saturated rings. The van der Waals surface area contributed by atoms with Gasteiger partial charge in [-0.25, -0.2) is 4.39 Å². The van der Waals surface area contributed by atoms with Crippen molar-refractivity contribution in [3.63, 3.8) is 0 Å². The molecular formula is C25H25FN4. The van der Waals surface area contributed by atoms with E-state index in [0.717, 1.165) is 16.9 Å². The number of halogens is 1. The summed E-state index contributed by atoms with van der Waals surface area (Å²) in [5.41, 5.74) is 6.40. The third-order valence-electron chi connectivity index (χ3n) is 5.31. The molecule has 3 heterocycles. The number of aromatic nitrogens is 3. The molecule has 1 aromatic carbocycles. The first-order valence-corrected chi connectivity index (χ1v) is 10.0. The molecule has 30 heavy (non-hydrogen) atoms. The minimum atomic E-state index is -0.172. The van der Waals surface area contributed by atoms with Crippen molar-refractivity contribution in [3.05, 3.63) is 113 Å². The van der Waals surface area contributed by atoms with E-state index in [2.05, 4.69) is 51.5 Å². The molecule has 0 radical (unpaired) electrons. The Morgan fingerprint density at radius 3 is 2.27 bits per heavy atom. The third kappa shape index (κ3) is 4.47. The number of rotatable bonds is 7. The summed E-state index contributed by atoms with van der Waals surface area (Å²) in [4.78, 5) is 10.7. The Bertz CT molecular complexity index is 1110. The van der Waals surface area contributed by atoms with Crippen LogP contribution in [-0.4, -0.2) is 19.4 Å².